The highest BCUT2D eigenvalue weighted by Gasteiger charge is 2.24. The summed E-state index contributed by atoms with van der Waals surface area (Å²) in [5, 5.41) is 0. The second-order valence-corrected chi connectivity index (χ2v) is 8.00. The molecule has 0 unspecified atom stereocenters. The summed E-state index contributed by atoms with van der Waals surface area (Å²) in [5.41, 5.74) is 0. The number of hydrogen-bond acceptors (Lipinski definition) is 2. The zero-order valence-corrected chi connectivity index (χ0v) is 9.48. The summed E-state index contributed by atoms with van der Waals surface area (Å²) in [5.74, 6) is 0.468. The van der Waals surface area contributed by atoms with Gasteiger partial charge in [0, 0.05) is 5.92 Å². The summed E-state index contributed by atoms with van der Waals surface area (Å²) in [6.45, 7) is 3.40. The lowest BCUT2D eigenvalue weighted by molar-refractivity contribution is -0.121. The first kappa shape index (κ1) is 11.0. The second kappa shape index (κ2) is 4.41. The van der Waals surface area contributed by atoms with Crippen LogP contribution in [-0.2, 0) is 9.36 Å². The maximum Gasteiger partial charge on any atom is 0.143 e. The number of hydrogen-bond donors (Lipinski definition) is 0. The van der Waals surface area contributed by atoms with Crippen LogP contribution < -0.4 is 0 Å². The predicted octanol–water partition coefficient (Wildman–Crippen LogP) is 2.76. The molecule has 0 aromatic heterocycles. The molecule has 1 aliphatic carbocycles. The Labute approximate surface area is 80.5 Å². The van der Waals surface area contributed by atoms with E-state index in [1.165, 1.54) is 19.3 Å². The maximum atomic E-state index is 11.6. The Bertz CT molecular complexity index is 223. The molecule has 0 amide bonds. The van der Waals surface area contributed by atoms with Crippen LogP contribution in [0.5, 0.6) is 0 Å². The van der Waals surface area contributed by atoms with Gasteiger partial charge >= 0.3 is 0 Å². The Morgan fingerprint density at radius 3 is 2.23 bits per heavy atom. The number of carbonyl (C=O) groups excluding carboxylic acids is 1. The monoisotopic (exact) mass is 202 g/mol. The summed E-state index contributed by atoms with van der Waals surface area (Å²) in [6.07, 6.45) is 5.98. The molecule has 0 bridgehead atoms. The molecule has 13 heavy (non-hydrogen) atoms. The third-order valence-electron chi connectivity index (χ3n) is 2.60. The van der Waals surface area contributed by atoms with Crippen LogP contribution >= 0.6 is 7.14 Å². The van der Waals surface area contributed by atoms with Crippen LogP contribution in [0.2, 0.25) is 0 Å². The quantitative estimate of drug-likeness (QED) is 0.659. The molecule has 2 nitrogen and oxygen atoms in total. The summed E-state index contributed by atoms with van der Waals surface area (Å²) in [4.78, 5) is 11.6. The van der Waals surface area contributed by atoms with Gasteiger partial charge in [-0.3, -0.25) is 4.79 Å². The highest BCUT2D eigenvalue weighted by Crippen LogP contribution is 2.38. The first-order valence-corrected chi connectivity index (χ1v) is 7.84. The SMILES string of the molecule is CP(C)(=O)CC(=O)C1CCCCC1. The van der Waals surface area contributed by atoms with Crippen molar-refractivity contribution in [2.75, 3.05) is 19.5 Å². The van der Waals surface area contributed by atoms with Crippen molar-refractivity contribution in [1.82, 2.24) is 0 Å². The van der Waals surface area contributed by atoms with Crippen LogP contribution in [0.15, 0.2) is 0 Å². The van der Waals surface area contributed by atoms with Crippen molar-refractivity contribution in [1.29, 1.82) is 0 Å². The fourth-order valence-electron chi connectivity index (χ4n) is 1.93. The van der Waals surface area contributed by atoms with Gasteiger partial charge in [-0.1, -0.05) is 19.3 Å². The Kier molecular flexibility index (Phi) is 3.73. The number of rotatable bonds is 3. The fourth-order valence-corrected chi connectivity index (χ4v) is 2.94. The van der Waals surface area contributed by atoms with E-state index < -0.39 is 7.14 Å². The molecular weight excluding hydrogens is 183 g/mol. The lowest BCUT2D eigenvalue weighted by Crippen LogP contribution is -2.20. The van der Waals surface area contributed by atoms with E-state index >= 15 is 0 Å². The van der Waals surface area contributed by atoms with Crippen LogP contribution in [0.1, 0.15) is 32.1 Å². The largest absolute Gasteiger partial charge is 0.324 e. The zero-order valence-electron chi connectivity index (χ0n) is 8.58. The van der Waals surface area contributed by atoms with Gasteiger partial charge < -0.3 is 4.57 Å². The molecule has 1 fully saturated rings. The Morgan fingerprint density at radius 2 is 1.77 bits per heavy atom. The molecule has 0 N–H and O–H groups in total. The van der Waals surface area contributed by atoms with Crippen LogP contribution in [0.4, 0.5) is 0 Å². The molecule has 0 aliphatic heterocycles. The maximum absolute atomic E-state index is 11.6. The third kappa shape index (κ3) is 4.08. The highest BCUT2D eigenvalue weighted by molar-refractivity contribution is 7.63. The van der Waals surface area contributed by atoms with Crippen LogP contribution in [0.25, 0.3) is 0 Å². The summed E-state index contributed by atoms with van der Waals surface area (Å²) in [6, 6.07) is 0. The fraction of sp³-hybridized carbons (Fsp3) is 0.900. The molecule has 0 heterocycles. The first-order chi connectivity index (χ1) is 5.99. The topological polar surface area (TPSA) is 34.1 Å². The highest BCUT2D eigenvalue weighted by atomic mass is 31.2. The van der Waals surface area contributed by atoms with Gasteiger partial charge in [-0.2, -0.15) is 0 Å². The van der Waals surface area contributed by atoms with E-state index in [4.69, 9.17) is 0 Å². The molecule has 1 rings (SSSR count). The molecule has 0 aromatic rings. The number of carbonyl (C=O) groups is 1. The van der Waals surface area contributed by atoms with Crippen molar-refractivity contribution in [2.24, 2.45) is 5.92 Å². The van der Waals surface area contributed by atoms with Crippen molar-refractivity contribution >= 4 is 12.9 Å². The standard InChI is InChI=1S/C10H19O2P/c1-13(2,12)8-10(11)9-6-4-3-5-7-9/h9H,3-8H2,1-2H3. The molecule has 3 heteroatoms. The molecule has 0 saturated heterocycles. The minimum Gasteiger partial charge on any atom is -0.324 e. The number of Topliss-reactive ketones (excluding diaryl/α,β-unsaturated/α-hetero) is 1. The van der Waals surface area contributed by atoms with E-state index in [0.29, 0.717) is 6.16 Å². The van der Waals surface area contributed by atoms with E-state index in [-0.39, 0.29) is 11.7 Å². The van der Waals surface area contributed by atoms with Gasteiger partial charge in [0.05, 0.1) is 13.3 Å². The lowest BCUT2D eigenvalue weighted by Gasteiger charge is -2.20. The molecule has 0 aromatic carbocycles. The summed E-state index contributed by atoms with van der Waals surface area (Å²) < 4.78 is 11.4. The molecule has 76 valence electrons. The van der Waals surface area contributed by atoms with Gasteiger partial charge in [0.2, 0.25) is 0 Å². The van der Waals surface area contributed by atoms with Crippen molar-refractivity contribution in [3.8, 4) is 0 Å². The van der Waals surface area contributed by atoms with Crippen LogP contribution in [0, 0.1) is 5.92 Å². The first-order valence-electron chi connectivity index (χ1n) is 5.06. The van der Waals surface area contributed by atoms with E-state index in [1.807, 2.05) is 0 Å². The third-order valence-corrected chi connectivity index (χ3v) is 3.67. The smallest absolute Gasteiger partial charge is 0.143 e. The van der Waals surface area contributed by atoms with E-state index in [1.54, 1.807) is 13.3 Å². The van der Waals surface area contributed by atoms with Gasteiger partial charge in [0.15, 0.2) is 0 Å². The van der Waals surface area contributed by atoms with Crippen LogP contribution in [-0.4, -0.2) is 25.3 Å². The van der Waals surface area contributed by atoms with E-state index in [2.05, 4.69) is 0 Å². The molecule has 0 atom stereocenters. The van der Waals surface area contributed by atoms with E-state index in [9.17, 15) is 9.36 Å². The summed E-state index contributed by atoms with van der Waals surface area (Å²) in [7, 11) is -2.14. The average Bonchev–Trinajstić information content (AvgIpc) is 2.03. The zero-order chi connectivity index (χ0) is 9.90. The van der Waals surface area contributed by atoms with Gasteiger partial charge in [-0.25, -0.2) is 0 Å². The normalized spacial score (nSPS) is 20.2. The Hall–Kier alpha value is -0.100. The molecule has 0 radical (unpaired) electrons. The van der Waals surface area contributed by atoms with Gasteiger partial charge in [-0.05, 0) is 26.2 Å². The van der Waals surface area contributed by atoms with Crippen molar-refractivity contribution in [2.45, 2.75) is 32.1 Å². The minimum absolute atomic E-state index is 0.224. The van der Waals surface area contributed by atoms with Gasteiger partial charge in [0.25, 0.3) is 0 Å². The predicted molar refractivity (Wildman–Crippen MR) is 55.9 cm³/mol. The summed E-state index contributed by atoms with van der Waals surface area (Å²) >= 11 is 0. The van der Waals surface area contributed by atoms with Crippen molar-refractivity contribution < 1.29 is 9.36 Å². The Balaban J connectivity index is 2.42. The number of ketones is 1. The van der Waals surface area contributed by atoms with Crippen LogP contribution in [0.3, 0.4) is 0 Å². The van der Waals surface area contributed by atoms with Crippen molar-refractivity contribution in [3.05, 3.63) is 0 Å². The molecule has 1 saturated carbocycles. The van der Waals surface area contributed by atoms with Gasteiger partial charge in [0.1, 0.15) is 5.78 Å². The Morgan fingerprint density at radius 1 is 1.23 bits per heavy atom. The molecule has 0 spiro atoms. The molecule has 1 aliphatic rings. The second-order valence-electron chi connectivity index (χ2n) is 4.53. The van der Waals surface area contributed by atoms with E-state index in [0.717, 1.165) is 12.8 Å². The lowest BCUT2D eigenvalue weighted by atomic mass is 9.87. The molecular formula is C10H19O2P. The van der Waals surface area contributed by atoms with Crippen molar-refractivity contribution in [3.63, 3.8) is 0 Å². The minimum atomic E-state index is -2.14. The van der Waals surface area contributed by atoms with Gasteiger partial charge in [-0.15, -0.1) is 0 Å². The average molecular weight is 202 g/mol.